The van der Waals surface area contributed by atoms with Crippen LogP contribution in [0.4, 0.5) is 11.4 Å². The minimum atomic E-state index is -0.242. The maximum absolute atomic E-state index is 12.3. The zero-order valence-electron chi connectivity index (χ0n) is 11.9. The van der Waals surface area contributed by atoms with Gasteiger partial charge in [-0.2, -0.15) is 0 Å². The average molecular weight is 270 g/mol. The summed E-state index contributed by atoms with van der Waals surface area (Å²) >= 11 is 0. The lowest BCUT2D eigenvalue weighted by Gasteiger charge is -2.12. The van der Waals surface area contributed by atoms with Crippen LogP contribution < -0.4 is 15.8 Å². The van der Waals surface area contributed by atoms with Gasteiger partial charge in [-0.05, 0) is 43.2 Å². The van der Waals surface area contributed by atoms with Crippen LogP contribution in [-0.2, 0) is 0 Å². The number of hydrogen-bond acceptors (Lipinski definition) is 3. The first-order chi connectivity index (χ1) is 9.52. The van der Waals surface area contributed by atoms with Gasteiger partial charge in [0.25, 0.3) is 5.91 Å². The molecule has 104 valence electrons. The Kier molecular flexibility index (Phi) is 3.94. The standard InChI is InChI=1S/C16H18N2O2/c1-10-7-8-13(14(9-10)20-3)18-16(19)12-6-4-5-11(2)15(12)17/h4-9H,17H2,1-3H3,(H,18,19). The van der Waals surface area contributed by atoms with Crippen LogP contribution in [0, 0.1) is 13.8 Å². The van der Waals surface area contributed by atoms with Crippen LogP contribution >= 0.6 is 0 Å². The molecule has 2 aromatic carbocycles. The average Bonchev–Trinajstić information content (AvgIpc) is 2.43. The Morgan fingerprint density at radius 2 is 1.95 bits per heavy atom. The minimum absolute atomic E-state index is 0.242. The van der Waals surface area contributed by atoms with Gasteiger partial charge in [0, 0.05) is 5.69 Å². The molecule has 1 amide bonds. The van der Waals surface area contributed by atoms with Gasteiger partial charge in [0.1, 0.15) is 5.75 Å². The van der Waals surface area contributed by atoms with Crippen LogP contribution in [0.2, 0.25) is 0 Å². The largest absolute Gasteiger partial charge is 0.495 e. The topological polar surface area (TPSA) is 64.3 Å². The number of para-hydroxylation sites is 1. The van der Waals surface area contributed by atoms with E-state index in [0.29, 0.717) is 22.7 Å². The first-order valence-corrected chi connectivity index (χ1v) is 6.34. The molecule has 2 aromatic rings. The van der Waals surface area contributed by atoms with Crippen molar-refractivity contribution < 1.29 is 9.53 Å². The van der Waals surface area contributed by atoms with Crippen molar-refractivity contribution >= 4 is 17.3 Å². The lowest BCUT2D eigenvalue weighted by atomic mass is 10.1. The van der Waals surface area contributed by atoms with Crippen molar-refractivity contribution in [1.82, 2.24) is 0 Å². The number of methoxy groups -OCH3 is 1. The Balaban J connectivity index is 2.30. The van der Waals surface area contributed by atoms with Crippen molar-refractivity contribution in [2.24, 2.45) is 0 Å². The van der Waals surface area contributed by atoms with Gasteiger partial charge >= 0.3 is 0 Å². The lowest BCUT2D eigenvalue weighted by molar-refractivity contribution is 0.102. The zero-order chi connectivity index (χ0) is 14.7. The highest BCUT2D eigenvalue weighted by molar-refractivity contribution is 6.08. The molecule has 0 bridgehead atoms. The molecule has 0 heterocycles. The number of rotatable bonds is 3. The van der Waals surface area contributed by atoms with Crippen molar-refractivity contribution in [2.45, 2.75) is 13.8 Å². The normalized spacial score (nSPS) is 10.2. The molecule has 4 heteroatoms. The predicted octanol–water partition coefficient (Wildman–Crippen LogP) is 3.15. The molecule has 0 saturated carbocycles. The monoisotopic (exact) mass is 270 g/mol. The van der Waals surface area contributed by atoms with E-state index in [1.54, 1.807) is 13.2 Å². The summed E-state index contributed by atoms with van der Waals surface area (Å²) in [5.41, 5.74) is 9.48. The molecule has 0 saturated heterocycles. The third-order valence-electron chi connectivity index (χ3n) is 3.17. The first-order valence-electron chi connectivity index (χ1n) is 6.34. The number of anilines is 2. The zero-order valence-corrected chi connectivity index (χ0v) is 11.9. The van der Waals surface area contributed by atoms with Crippen LogP contribution in [0.5, 0.6) is 5.75 Å². The third-order valence-corrected chi connectivity index (χ3v) is 3.17. The van der Waals surface area contributed by atoms with Gasteiger partial charge in [0.05, 0.1) is 18.4 Å². The lowest BCUT2D eigenvalue weighted by Crippen LogP contribution is -2.15. The van der Waals surface area contributed by atoms with E-state index in [-0.39, 0.29) is 5.91 Å². The van der Waals surface area contributed by atoms with E-state index in [1.165, 1.54) is 0 Å². The van der Waals surface area contributed by atoms with Gasteiger partial charge in [0.2, 0.25) is 0 Å². The van der Waals surface area contributed by atoms with Crippen LogP contribution in [0.1, 0.15) is 21.5 Å². The number of amides is 1. The van der Waals surface area contributed by atoms with E-state index in [2.05, 4.69) is 5.32 Å². The summed E-state index contributed by atoms with van der Waals surface area (Å²) in [6, 6.07) is 11.0. The van der Waals surface area contributed by atoms with E-state index in [4.69, 9.17) is 10.5 Å². The Hall–Kier alpha value is -2.49. The van der Waals surface area contributed by atoms with Crippen LogP contribution in [0.25, 0.3) is 0 Å². The summed E-state index contributed by atoms with van der Waals surface area (Å²) in [5, 5.41) is 2.83. The predicted molar refractivity (Wildman–Crippen MR) is 81.3 cm³/mol. The number of nitrogens with one attached hydrogen (secondary N) is 1. The van der Waals surface area contributed by atoms with Crippen LogP contribution in [0.3, 0.4) is 0 Å². The highest BCUT2D eigenvalue weighted by Gasteiger charge is 2.13. The molecule has 2 rings (SSSR count). The second-order valence-electron chi connectivity index (χ2n) is 4.69. The Bertz CT molecular complexity index is 651. The van der Waals surface area contributed by atoms with E-state index < -0.39 is 0 Å². The molecule has 4 nitrogen and oxygen atoms in total. The van der Waals surface area contributed by atoms with Gasteiger partial charge in [-0.15, -0.1) is 0 Å². The van der Waals surface area contributed by atoms with Crippen molar-refractivity contribution in [1.29, 1.82) is 0 Å². The van der Waals surface area contributed by atoms with Gasteiger partial charge in [-0.3, -0.25) is 4.79 Å². The number of hydrogen-bond donors (Lipinski definition) is 2. The molecular formula is C16H18N2O2. The molecule has 20 heavy (non-hydrogen) atoms. The molecule has 0 fully saturated rings. The maximum Gasteiger partial charge on any atom is 0.257 e. The molecule has 0 spiro atoms. The second kappa shape index (κ2) is 5.65. The molecule has 0 aromatic heterocycles. The van der Waals surface area contributed by atoms with E-state index in [1.807, 2.05) is 44.2 Å². The quantitative estimate of drug-likeness (QED) is 0.842. The summed E-state index contributed by atoms with van der Waals surface area (Å²) < 4.78 is 5.27. The van der Waals surface area contributed by atoms with Gasteiger partial charge in [-0.25, -0.2) is 0 Å². The SMILES string of the molecule is COc1cc(C)ccc1NC(=O)c1cccc(C)c1N. The fraction of sp³-hybridized carbons (Fsp3) is 0.188. The molecule has 0 unspecified atom stereocenters. The molecule has 3 N–H and O–H groups in total. The first kappa shape index (κ1) is 13.9. The summed E-state index contributed by atoms with van der Waals surface area (Å²) in [5.74, 6) is 0.387. The van der Waals surface area contributed by atoms with Crippen molar-refractivity contribution in [3.05, 3.63) is 53.1 Å². The number of nitrogens with two attached hydrogens (primary N) is 1. The van der Waals surface area contributed by atoms with Crippen LogP contribution in [-0.4, -0.2) is 13.0 Å². The fourth-order valence-corrected chi connectivity index (χ4v) is 1.97. The van der Waals surface area contributed by atoms with E-state index in [9.17, 15) is 4.79 Å². The van der Waals surface area contributed by atoms with Gasteiger partial charge < -0.3 is 15.8 Å². The fourth-order valence-electron chi connectivity index (χ4n) is 1.97. The minimum Gasteiger partial charge on any atom is -0.495 e. The molecular weight excluding hydrogens is 252 g/mol. The summed E-state index contributed by atoms with van der Waals surface area (Å²) in [6.07, 6.45) is 0. The van der Waals surface area contributed by atoms with Gasteiger partial charge in [0.15, 0.2) is 0 Å². The van der Waals surface area contributed by atoms with E-state index >= 15 is 0 Å². The number of carbonyl (C=O) groups excluding carboxylic acids is 1. The van der Waals surface area contributed by atoms with Crippen molar-refractivity contribution in [3.8, 4) is 5.75 Å². The summed E-state index contributed by atoms with van der Waals surface area (Å²) in [7, 11) is 1.57. The van der Waals surface area contributed by atoms with Gasteiger partial charge in [-0.1, -0.05) is 18.2 Å². The number of nitrogen functional groups attached to an aromatic ring is 1. The third kappa shape index (κ3) is 2.74. The van der Waals surface area contributed by atoms with Crippen molar-refractivity contribution in [3.63, 3.8) is 0 Å². The molecule has 0 aliphatic heterocycles. The number of carbonyl (C=O) groups is 1. The van der Waals surface area contributed by atoms with Crippen molar-refractivity contribution in [2.75, 3.05) is 18.2 Å². The Morgan fingerprint density at radius 3 is 2.65 bits per heavy atom. The summed E-state index contributed by atoms with van der Waals surface area (Å²) in [6.45, 7) is 3.84. The Morgan fingerprint density at radius 1 is 1.20 bits per heavy atom. The number of ether oxygens (including phenoxy) is 1. The van der Waals surface area contributed by atoms with Crippen LogP contribution in [0.15, 0.2) is 36.4 Å². The van der Waals surface area contributed by atoms with E-state index in [0.717, 1.165) is 11.1 Å². The number of aryl methyl sites for hydroxylation is 2. The molecule has 0 radical (unpaired) electrons. The molecule has 0 aliphatic carbocycles. The number of benzene rings is 2. The highest BCUT2D eigenvalue weighted by atomic mass is 16.5. The maximum atomic E-state index is 12.3. The molecule has 0 aliphatic rings. The molecule has 0 atom stereocenters. The summed E-state index contributed by atoms with van der Waals surface area (Å²) in [4.78, 5) is 12.3. The highest BCUT2D eigenvalue weighted by Crippen LogP contribution is 2.26. The smallest absolute Gasteiger partial charge is 0.257 e. The Labute approximate surface area is 118 Å². The second-order valence-corrected chi connectivity index (χ2v) is 4.69.